The number of aryl methyl sites for hydroxylation is 1. The molecular formula is C12H16OS. The molecule has 2 heteroatoms. The van der Waals surface area contributed by atoms with Crippen LogP contribution in [0.4, 0.5) is 0 Å². The van der Waals surface area contributed by atoms with E-state index in [1.807, 2.05) is 0 Å². The van der Waals surface area contributed by atoms with Crippen molar-refractivity contribution in [2.45, 2.75) is 38.7 Å². The van der Waals surface area contributed by atoms with Gasteiger partial charge in [0.05, 0.1) is 0 Å². The van der Waals surface area contributed by atoms with Crippen molar-refractivity contribution in [1.29, 1.82) is 0 Å². The fraction of sp³-hybridized carbons (Fsp3) is 0.500. The van der Waals surface area contributed by atoms with Gasteiger partial charge in [-0.3, -0.25) is 0 Å². The first kappa shape index (κ1) is 9.94. The molecule has 1 aromatic rings. The van der Waals surface area contributed by atoms with Crippen LogP contribution in [0, 0.1) is 0 Å². The molecule has 1 heterocycles. The predicted octanol–water partition coefficient (Wildman–Crippen LogP) is 3.45. The van der Waals surface area contributed by atoms with Crippen molar-refractivity contribution in [3.05, 3.63) is 33.5 Å². The van der Waals surface area contributed by atoms with Crippen LogP contribution in [0.2, 0.25) is 0 Å². The van der Waals surface area contributed by atoms with Crippen LogP contribution in [-0.4, -0.2) is 5.11 Å². The molecule has 0 saturated carbocycles. The molecule has 1 aromatic heterocycles. The van der Waals surface area contributed by atoms with Crippen molar-refractivity contribution in [2.75, 3.05) is 0 Å². The Kier molecular flexibility index (Phi) is 3.04. The van der Waals surface area contributed by atoms with Gasteiger partial charge in [0, 0.05) is 9.75 Å². The number of rotatable bonds is 3. The Morgan fingerprint density at radius 2 is 2.36 bits per heavy atom. The largest absolute Gasteiger partial charge is 0.383 e. The lowest BCUT2D eigenvalue weighted by atomic mass is 10.1. The zero-order valence-corrected chi connectivity index (χ0v) is 9.31. The molecule has 1 N–H and O–H groups in total. The molecular weight excluding hydrogens is 192 g/mol. The first-order valence-corrected chi connectivity index (χ1v) is 6.08. The second-order valence-electron chi connectivity index (χ2n) is 3.73. The Morgan fingerprint density at radius 1 is 1.50 bits per heavy atom. The molecule has 0 spiro atoms. The minimum atomic E-state index is -0.331. The van der Waals surface area contributed by atoms with Crippen LogP contribution < -0.4 is 0 Å². The third-order valence-electron chi connectivity index (χ3n) is 2.73. The summed E-state index contributed by atoms with van der Waals surface area (Å²) in [6.45, 7) is 2.15. The van der Waals surface area contributed by atoms with Crippen LogP contribution in [0.15, 0.2) is 23.8 Å². The summed E-state index contributed by atoms with van der Waals surface area (Å²) in [5, 5.41) is 10.1. The lowest BCUT2D eigenvalue weighted by Gasteiger charge is -2.09. The number of thiophene rings is 1. The maximum absolute atomic E-state index is 10.1. The molecule has 1 aliphatic rings. The molecule has 2 rings (SSSR count). The van der Waals surface area contributed by atoms with Gasteiger partial charge in [-0.25, -0.2) is 0 Å². The molecule has 0 radical (unpaired) electrons. The van der Waals surface area contributed by atoms with E-state index in [0.29, 0.717) is 0 Å². The van der Waals surface area contributed by atoms with Gasteiger partial charge >= 0.3 is 0 Å². The molecule has 0 aliphatic heterocycles. The van der Waals surface area contributed by atoms with Crippen molar-refractivity contribution in [3.63, 3.8) is 0 Å². The number of allylic oxidation sites excluding steroid dienone is 1. The molecule has 0 aromatic carbocycles. The monoisotopic (exact) mass is 208 g/mol. The van der Waals surface area contributed by atoms with Crippen LogP contribution in [-0.2, 0) is 6.42 Å². The van der Waals surface area contributed by atoms with Crippen molar-refractivity contribution in [2.24, 2.45) is 0 Å². The van der Waals surface area contributed by atoms with Gasteiger partial charge in [0.15, 0.2) is 0 Å². The van der Waals surface area contributed by atoms with Crippen molar-refractivity contribution >= 4 is 11.3 Å². The lowest BCUT2D eigenvalue weighted by Crippen LogP contribution is -1.96. The second kappa shape index (κ2) is 4.28. The first-order valence-electron chi connectivity index (χ1n) is 5.27. The summed E-state index contributed by atoms with van der Waals surface area (Å²) < 4.78 is 0. The van der Waals surface area contributed by atoms with E-state index in [1.54, 1.807) is 11.3 Å². The smallest absolute Gasteiger partial charge is 0.109 e. The third-order valence-corrected chi connectivity index (χ3v) is 4.01. The average molecular weight is 208 g/mol. The van der Waals surface area contributed by atoms with Gasteiger partial charge in [-0.05, 0) is 43.4 Å². The van der Waals surface area contributed by atoms with Crippen molar-refractivity contribution < 1.29 is 5.11 Å². The van der Waals surface area contributed by atoms with Crippen molar-refractivity contribution in [3.8, 4) is 0 Å². The highest BCUT2D eigenvalue weighted by molar-refractivity contribution is 7.12. The van der Waals surface area contributed by atoms with Crippen LogP contribution in [0.25, 0.3) is 0 Å². The van der Waals surface area contributed by atoms with E-state index in [0.717, 1.165) is 24.1 Å². The third kappa shape index (κ3) is 1.91. The van der Waals surface area contributed by atoms with E-state index < -0.39 is 0 Å². The molecule has 1 atom stereocenters. The fourth-order valence-electron chi connectivity index (χ4n) is 1.86. The Bertz CT molecular complexity index is 338. The zero-order chi connectivity index (χ0) is 9.97. The van der Waals surface area contributed by atoms with Gasteiger partial charge in [0.25, 0.3) is 0 Å². The highest BCUT2D eigenvalue weighted by Crippen LogP contribution is 2.34. The molecule has 76 valence electrons. The summed E-state index contributed by atoms with van der Waals surface area (Å²) in [6.07, 6.45) is 6.34. The molecule has 0 amide bonds. The Labute approximate surface area is 89.1 Å². The van der Waals surface area contributed by atoms with E-state index >= 15 is 0 Å². The summed E-state index contributed by atoms with van der Waals surface area (Å²) in [6, 6.07) is 4.19. The standard InChI is InChI=1S/C12H16OS/c1-2-10-7-8-11(14-10)12(13)9-5-3-4-6-9/h5,7-8,12-13H,2-4,6H2,1H3. The number of hydrogen-bond acceptors (Lipinski definition) is 2. The number of aliphatic hydroxyl groups is 1. The van der Waals surface area contributed by atoms with Crippen LogP contribution in [0.3, 0.4) is 0 Å². The van der Waals surface area contributed by atoms with E-state index in [4.69, 9.17) is 0 Å². The minimum Gasteiger partial charge on any atom is -0.383 e. The van der Waals surface area contributed by atoms with Gasteiger partial charge in [-0.2, -0.15) is 0 Å². The van der Waals surface area contributed by atoms with E-state index in [-0.39, 0.29) is 6.10 Å². The summed E-state index contributed by atoms with van der Waals surface area (Å²) in [7, 11) is 0. The fourth-order valence-corrected chi connectivity index (χ4v) is 2.84. The highest BCUT2D eigenvalue weighted by atomic mass is 32.1. The topological polar surface area (TPSA) is 20.2 Å². The summed E-state index contributed by atoms with van der Waals surface area (Å²) in [5.41, 5.74) is 1.22. The maximum atomic E-state index is 10.1. The van der Waals surface area contributed by atoms with Crippen LogP contribution in [0.1, 0.15) is 42.0 Å². The molecule has 0 fully saturated rings. The Balaban J connectivity index is 2.13. The molecule has 0 saturated heterocycles. The number of aliphatic hydroxyl groups excluding tert-OH is 1. The molecule has 14 heavy (non-hydrogen) atoms. The highest BCUT2D eigenvalue weighted by Gasteiger charge is 2.17. The first-order chi connectivity index (χ1) is 6.81. The molecule has 1 aliphatic carbocycles. The summed E-state index contributed by atoms with van der Waals surface area (Å²) in [5.74, 6) is 0. The minimum absolute atomic E-state index is 0.331. The number of hydrogen-bond donors (Lipinski definition) is 1. The van der Waals surface area contributed by atoms with Gasteiger partial charge in [0.2, 0.25) is 0 Å². The normalized spacial score (nSPS) is 18.3. The predicted molar refractivity (Wildman–Crippen MR) is 60.6 cm³/mol. The Hall–Kier alpha value is -0.600. The zero-order valence-electron chi connectivity index (χ0n) is 8.49. The second-order valence-corrected chi connectivity index (χ2v) is 4.93. The quantitative estimate of drug-likeness (QED) is 0.754. The molecule has 1 nitrogen and oxygen atoms in total. The van der Waals surface area contributed by atoms with E-state index in [2.05, 4.69) is 25.1 Å². The summed E-state index contributed by atoms with van der Waals surface area (Å²) >= 11 is 1.74. The van der Waals surface area contributed by atoms with Gasteiger partial charge < -0.3 is 5.11 Å². The molecule has 1 unspecified atom stereocenters. The maximum Gasteiger partial charge on any atom is 0.109 e. The Morgan fingerprint density at radius 3 is 2.93 bits per heavy atom. The van der Waals surface area contributed by atoms with Crippen LogP contribution >= 0.6 is 11.3 Å². The van der Waals surface area contributed by atoms with Crippen molar-refractivity contribution in [1.82, 2.24) is 0 Å². The van der Waals surface area contributed by atoms with E-state index in [1.165, 1.54) is 16.9 Å². The van der Waals surface area contributed by atoms with Gasteiger partial charge in [0.1, 0.15) is 6.10 Å². The van der Waals surface area contributed by atoms with Gasteiger partial charge in [-0.1, -0.05) is 13.0 Å². The lowest BCUT2D eigenvalue weighted by molar-refractivity contribution is 0.216. The van der Waals surface area contributed by atoms with Crippen LogP contribution in [0.5, 0.6) is 0 Å². The van der Waals surface area contributed by atoms with E-state index in [9.17, 15) is 5.11 Å². The average Bonchev–Trinajstić information content (AvgIpc) is 2.88. The SMILES string of the molecule is CCc1ccc(C(O)C2=CCCC2)s1. The molecule has 0 bridgehead atoms. The van der Waals surface area contributed by atoms with Gasteiger partial charge in [-0.15, -0.1) is 11.3 Å². The summed E-state index contributed by atoms with van der Waals surface area (Å²) in [4.78, 5) is 2.47.